The Balaban J connectivity index is 2.00. The first-order chi connectivity index (χ1) is 8.83. The molecule has 2 N–H and O–H groups in total. The third-order valence-electron chi connectivity index (χ3n) is 2.58. The molecule has 3 rings (SSSR count). The lowest BCUT2D eigenvalue weighted by Crippen LogP contribution is -2.01. The Labute approximate surface area is 108 Å². The number of nitrogens with two attached hydrogens (primary N) is 1. The van der Waals surface area contributed by atoms with Gasteiger partial charge in [-0.1, -0.05) is 35.6 Å². The maximum atomic E-state index is 5.63. The number of aromatic nitrogens is 4. The summed E-state index contributed by atoms with van der Waals surface area (Å²) in [6.45, 7) is 0.711. The number of rotatable bonds is 3. The molecule has 18 heavy (non-hydrogen) atoms. The van der Waals surface area contributed by atoms with Crippen LogP contribution in [0.1, 0.15) is 5.56 Å². The van der Waals surface area contributed by atoms with Gasteiger partial charge in [0, 0.05) is 18.0 Å². The van der Waals surface area contributed by atoms with Gasteiger partial charge in [-0.05, 0) is 11.6 Å². The molecule has 0 aliphatic rings. The lowest BCUT2D eigenvalue weighted by Gasteiger charge is -2.06. The molecule has 0 fully saturated rings. The summed E-state index contributed by atoms with van der Waals surface area (Å²) in [7, 11) is 0. The molecule has 0 amide bonds. The van der Waals surface area contributed by atoms with Crippen molar-refractivity contribution in [3.05, 3.63) is 48.3 Å². The van der Waals surface area contributed by atoms with Gasteiger partial charge in [0.15, 0.2) is 0 Å². The first-order valence-electron chi connectivity index (χ1n) is 5.47. The van der Waals surface area contributed by atoms with E-state index < -0.39 is 0 Å². The molecule has 1 aromatic carbocycles. The molecule has 0 bridgehead atoms. The van der Waals surface area contributed by atoms with Crippen molar-refractivity contribution in [3.63, 3.8) is 0 Å². The highest BCUT2D eigenvalue weighted by molar-refractivity contribution is 7.18. The quantitative estimate of drug-likeness (QED) is 0.779. The zero-order valence-electron chi connectivity index (χ0n) is 9.52. The fraction of sp³-hybridized carbons (Fsp3) is 0.0833. The Hall–Kier alpha value is -2.21. The van der Waals surface area contributed by atoms with Crippen LogP contribution in [0, 0.1) is 0 Å². The van der Waals surface area contributed by atoms with Gasteiger partial charge in [-0.2, -0.15) is 5.10 Å². The SMILES string of the molecule is Nc1nnc(-c2ccccc2Cn2cccn2)s1. The normalized spacial score (nSPS) is 10.7. The van der Waals surface area contributed by atoms with Crippen molar-refractivity contribution in [3.8, 4) is 10.6 Å². The maximum Gasteiger partial charge on any atom is 0.203 e. The van der Waals surface area contributed by atoms with Gasteiger partial charge in [0.1, 0.15) is 5.01 Å². The van der Waals surface area contributed by atoms with Crippen LogP contribution in [0.25, 0.3) is 10.6 Å². The van der Waals surface area contributed by atoms with Crippen LogP contribution in [0.2, 0.25) is 0 Å². The summed E-state index contributed by atoms with van der Waals surface area (Å²) in [5, 5.41) is 13.5. The van der Waals surface area contributed by atoms with E-state index in [1.807, 2.05) is 35.1 Å². The summed E-state index contributed by atoms with van der Waals surface area (Å²) in [5.41, 5.74) is 7.84. The smallest absolute Gasteiger partial charge is 0.203 e. The van der Waals surface area contributed by atoms with E-state index in [4.69, 9.17) is 5.73 Å². The average molecular weight is 257 g/mol. The zero-order chi connectivity index (χ0) is 12.4. The molecule has 90 valence electrons. The molecule has 0 atom stereocenters. The number of nitrogens with zero attached hydrogens (tertiary/aromatic N) is 4. The molecule has 0 aliphatic carbocycles. The van der Waals surface area contributed by atoms with E-state index in [-0.39, 0.29) is 0 Å². The average Bonchev–Trinajstić information content (AvgIpc) is 3.02. The molecular weight excluding hydrogens is 246 g/mol. The van der Waals surface area contributed by atoms with Crippen molar-refractivity contribution in [2.45, 2.75) is 6.54 Å². The Kier molecular flexibility index (Phi) is 2.77. The van der Waals surface area contributed by atoms with E-state index in [2.05, 4.69) is 21.4 Å². The summed E-state index contributed by atoms with van der Waals surface area (Å²) in [6.07, 6.45) is 3.71. The van der Waals surface area contributed by atoms with Crippen molar-refractivity contribution >= 4 is 16.5 Å². The highest BCUT2D eigenvalue weighted by Crippen LogP contribution is 2.28. The van der Waals surface area contributed by atoms with Crippen LogP contribution >= 0.6 is 11.3 Å². The lowest BCUT2D eigenvalue weighted by atomic mass is 10.1. The number of nitrogen functional groups attached to an aromatic ring is 1. The Morgan fingerprint density at radius 3 is 2.78 bits per heavy atom. The lowest BCUT2D eigenvalue weighted by molar-refractivity contribution is 0.688. The molecule has 0 aliphatic heterocycles. The van der Waals surface area contributed by atoms with Crippen LogP contribution in [0.4, 0.5) is 5.13 Å². The first-order valence-corrected chi connectivity index (χ1v) is 6.29. The van der Waals surface area contributed by atoms with Crippen LogP contribution in [-0.2, 0) is 6.54 Å². The standard InChI is InChI=1S/C12H11N5S/c13-12-16-15-11(18-12)10-5-2-1-4-9(10)8-17-7-3-6-14-17/h1-7H,8H2,(H2,13,16). The Morgan fingerprint density at radius 2 is 2.06 bits per heavy atom. The van der Waals surface area contributed by atoms with Crippen molar-refractivity contribution < 1.29 is 0 Å². The molecule has 0 spiro atoms. The molecule has 5 nitrogen and oxygen atoms in total. The second-order valence-electron chi connectivity index (χ2n) is 3.81. The van der Waals surface area contributed by atoms with Crippen LogP contribution < -0.4 is 5.73 Å². The second-order valence-corrected chi connectivity index (χ2v) is 4.82. The molecule has 0 saturated carbocycles. The molecular formula is C12H11N5S. The van der Waals surface area contributed by atoms with Crippen LogP contribution in [-0.4, -0.2) is 20.0 Å². The minimum Gasteiger partial charge on any atom is -0.374 e. The number of hydrogen-bond acceptors (Lipinski definition) is 5. The topological polar surface area (TPSA) is 69.6 Å². The Morgan fingerprint density at radius 1 is 1.17 bits per heavy atom. The molecule has 2 heterocycles. The molecule has 6 heteroatoms. The minimum absolute atomic E-state index is 0.485. The zero-order valence-corrected chi connectivity index (χ0v) is 10.3. The van der Waals surface area contributed by atoms with Gasteiger partial charge in [0.2, 0.25) is 5.13 Å². The predicted octanol–water partition coefficient (Wildman–Crippen LogP) is 2.03. The molecule has 0 radical (unpaired) electrons. The monoisotopic (exact) mass is 257 g/mol. The third kappa shape index (κ3) is 2.10. The van der Waals surface area contributed by atoms with E-state index in [0.717, 1.165) is 16.1 Å². The minimum atomic E-state index is 0.485. The van der Waals surface area contributed by atoms with E-state index in [1.165, 1.54) is 11.3 Å². The summed E-state index contributed by atoms with van der Waals surface area (Å²) < 4.78 is 1.88. The van der Waals surface area contributed by atoms with E-state index in [0.29, 0.717) is 11.7 Å². The van der Waals surface area contributed by atoms with Gasteiger partial charge in [-0.25, -0.2) is 0 Å². The van der Waals surface area contributed by atoms with Gasteiger partial charge in [-0.15, -0.1) is 10.2 Å². The number of hydrogen-bond donors (Lipinski definition) is 1. The second kappa shape index (κ2) is 4.58. The van der Waals surface area contributed by atoms with Gasteiger partial charge in [-0.3, -0.25) is 4.68 Å². The number of benzene rings is 1. The van der Waals surface area contributed by atoms with Crippen molar-refractivity contribution in [2.75, 3.05) is 5.73 Å². The van der Waals surface area contributed by atoms with Crippen LogP contribution in [0.15, 0.2) is 42.7 Å². The largest absolute Gasteiger partial charge is 0.374 e. The first kappa shape index (κ1) is 10.9. The maximum absolute atomic E-state index is 5.63. The number of anilines is 1. The fourth-order valence-electron chi connectivity index (χ4n) is 1.78. The van der Waals surface area contributed by atoms with Crippen LogP contribution in [0.3, 0.4) is 0 Å². The summed E-state index contributed by atoms with van der Waals surface area (Å²) in [6, 6.07) is 9.99. The molecule has 3 aromatic rings. The highest BCUT2D eigenvalue weighted by Gasteiger charge is 2.09. The third-order valence-corrected chi connectivity index (χ3v) is 3.37. The van der Waals surface area contributed by atoms with Gasteiger partial charge in [0.05, 0.1) is 6.54 Å². The van der Waals surface area contributed by atoms with E-state index in [9.17, 15) is 0 Å². The predicted molar refractivity (Wildman–Crippen MR) is 71.1 cm³/mol. The molecule has 0 unspecified atom stereocenters. The van der Waals surface area contributed by atoms with Gasteiger partial charge < -0.3 is 5.73 Å². The van der Waals surface area contributed by atoms with Gasteiger partial charge >= 0.3 is 0 Å². The Bertz CT molecular complexity index is 644. The molecule has 0 saturated heterocycles. The van der Waals surface area contributed by atoms with Gasteiger partial charge in [0.25, 0.3) is 0 Å². The highest BCUT2D eigenvalue weighted by atomic mass is 32.1. The van der Waals surface area contributed by atoms with Crippen molar-refractivity contribution in [1.29, 1.82) is 0 Å². The summed E-state index contributed by atoms with van der Waals surface area (Å²) >= 11 is 1.39. The van der Waals surface area contributed by atoms with E-state index >= 15 is 0 Å². The van der Waals surface area contributed by atoms with Crippen LogP contribution in [0.5, 0.6) is 0 Å². The van der Waals surface area contributed by atoms with Crippen molar-refractivity contribution in [1.82, 2.24) is 20.0 Å². The summed E-state index contributed by atoms with van der Waals surface area (Å²) in [5.74, 6) is 0. The molecule has 2 aromatic heterocycles. The fourth-order valence-corrected chi connectivity index (χ4v) is 2.45. The van der Waals surface area contributed by atoms with Crippen molar-refractivity contribution in [2.24, 2.45) is 0 Å². The summed E-state index contributed by atoms with van der Waals surface area (Å²) in [4.78, 5) is 0. The van der Waals surface area contributed by atoms with E-state index in [1.54, 1.807) is 6.20 Å².